The van der Waals surface area contributed by atoms with Crippen LogP contribution in [0.5, 0.6) is 0 Å². The molecule has 0 amide bonds. The maximum Gasteiger partial charge on any atom is 0.330 e. The summed E-state index contributed by atoms with van der Waals surface area (Å²) in [6.07, 6.45) is 3.87. The average molecular weight is 545 g/mol. The molecular weight excluding hydrogens is 484 g/mol. The van der Waals surface area contributed by atoms with E-state index in [0.29, 0.717) is 19.8 Å². The summed E-state index contributed by atoms with van der Waals surface area (Å²) in [6, 6.07) is 0. The van der Waals surface area contributed by atoms with E-state index in [-0.39, 0.29) is 47.6 Å². The first kappa shape index (κ1) is 37.0. The van der Waals surface area contributed by atoms with Crippen LogP contribution in [0.2, 0.25) is 0 Å². The summed E-state index contributed by atoms with van der Waals surface area (Å²) >= 11 is 0. The molecule has 0 aromatic carbocycles. The molecule has 0 heterocycles. The Morgan fingerprint density at radius 3 is 1.82 bits per heavy atom. The molecule has 4 unspecified atom stereocenters. The van der Waals surface area contributed by atoms with Crippen molar-refractivity contribution in [1.82, 2.24) is 0 Å². The monoisotopic (exact) mass is 544 g/mol. The van der Waals surface area contributed by atoms with E-state index >= 15 is 0 Å². The summed E-state index contributed by atoms with van der Waals surface area (Å²) in [5, 5.41) is 0. The molecule has 0 N–H and O–H groups in total. The van der Waals surface area contributed by atoms with Crippen molar-refractivity contribution in [3.05, 3.63) is 12.7 Å². The Morgan fingerprint density at radius 1 is 0.737 bits per heavy atom. The maximum atomic E-state index is 12.0. The lowest BCUT2D eigenvalue weighted by atomic mass is 9.78. The van der Waals surface area contributed by atoms with E-state index < -0.39 is 12.1 Å². The molecule has 0 aliphatic carbocycles. The molecule has 0 rings (SSSR count). The van der Waals surface area contributed by atoms with Crippen LogP contribution in [0, 0.1) is 5.41 Å². The summed E-state index contributed by atoms with van der Waals surface area (Å²) in [7, 11) is 0. The minimum absolute atomic E-state index is 0.151. The molecule has 0 aliphatic rings. The van der Waals surface area contributed by atoms with Crippen LogP contribution in [-0.4, -0.2) is 74.1 Å². The highest BCUT2D eigenvalue weighted by atomic mass is 16.6. The lowest BCUT2D eigenvalue weighted by Gasteiger charge is -2.38. The van der Waals surface area contributed by atoms with Crippen molar-refractivity contribution >= 4 is 5.97 Å². The SMILES string of the molecule is C=CC(=O)OC(COC(C)COC(C)(C)CC)COC(COC(C)(C)C)COC(C)(CC)CC(C)(C)CC. The van der Waals surface area contributed by atoms with Crippen LogP contribution in [0.15, 0.2) is 12.7 Å². The molecule has 38 heavy (non-hydrogen) atoms. The summed E-state index contributed by atoms with van der Waals surface area (Å²) < 4.78 is 36.2. The first-order valence-corrected chi connectivity index (χ1v) is 14.4. The molecule has 4 atom stereocenters. The van der Waals surface area contributed by atoms with Gasteiger partial charge >= 0.3 is 5.97 Å². The van der Waals surface area contributed by atoms with Gasteiger partial charge in [0.1, 0.15) is 12.2 Å². The first-order chi connectivity index (χ1) is 17.4. The van der Waals surface area contributed by atoms with Gasteiger partial charge in [0.25, 0.3) is 0 Å². The molecule has 0 spiro atoms. The van der Waals surface area contributed by atoms with Crippen LogP contribution in [0.1, 0.15) is 109 Å². The summed E-state index contributed by atoms with van der Waals surface area (Å²) in [5.74, 6) is -0.516. The Morgan fingerprint density at radius 2 is 1.32 bits per heavy atom. The Labute approximate surface area is 234 Å². The fourth-order valence-corrected chi connectivity index (χ4v) is 3.53. The van der Waals surface area contributed by atoms with Gasteiger partial charge in [-0.05, 0) is 73.1 Å². The van der Waals surface area contributed by atoms with Gasteiger partial charge in [0.05, 0.1) is 55.9 Å². The lowest BCUT2D eigenvalue weighted by molar-refractivity contribution is -0.167. The van der Waals surface area contributed by atoms with Gasteiger partial charge in [-0.25, -0.2) is 4.79 Å². The molecule has 0 aromatic rings. The highest BCUT2D eigenvalue weighted by molar-refractivity contribution is 5.81. The van der Waals surface area contributed by atoms with Crippen molar-refractivity contribution < 1.29 is 33.2 Å². The van der Waals surface area contributed by atoms with Crippen LogP contribution in [0.3, 0.4) is 0 Å². The smallest absolute Gasteiger partial charge is 0.330 e. The normalized spacial score (nSPS) is 16.9. The molecule has 7 heteroatoms. The van der Waals surface area contributed by atoms with Gasteiger partial charge in [-0.15, -0.1) is 0 Å². The van der Waals surface area contributed by atoms with Crippen LogP contribution in [0.25, 0.3) is 0 Å². The van der Waals surface area contributed by atoms with Crippen LogP contribution >= 0.6 is 0 Å². The number of carbonyl (C=O) groups excluding carboxylic acids is 1. The predicted octanol–water partition coefficient (Wildman–Crippen LogP) is 6.91. The van der Waals surface area contributed by atoms with Crippen molar-refractivity contribution in [2.45, 2.75) is 144 Å². The lowest BCUT2D eigenvalue weighted by Crippen LogP contribution is -2.40. The standard InChI is InChI=1S/C31H60O7/c1-14-27(32)38-26(19-33-24(5)18-36-30(11,12)16-3)20-34-25(21-35-28(6,7)8)22-37-31(13,17-4)23-29(9,10)15-2/h14,24-26H,1,15-23H2,2-13H3. The summed E-state index contributed by atoms with van der Waals surface area (Å²) in [6.45, 7) is 30.3. The van der Waals surface area contributed by atoms with E-state index in [1.807, 2.05) is 27.7 Å². The average Bonchev–Trinajstić information content (AvgIpc) is 2.84. The minimum atomic E-state index is -0.601. The van der Waals surface area contributed by atoms with Crippen molar-refractivity contribution in [3.63, 3.8) is 0 Å². The zero-order valence-electron chi connectivity index (χ0n) is 26.7. The fourth-order valence-electron chi connectivity index (χ4n) is 3.53. The van der Waals surface area contributed by atoms with Crippen LogP contribution in [-0.2, 0) is 33.2 Å². The highest BCUT2D eigenvalue weighted by Crippen LogP contribution is 2.35. The molecule has 0 saturated heterocycles. The number of hydrogen-bond donors (Lipinski definition) is 0. The number of hydrogen-bond acceptors (Lipinski definition) is 7. The molecule has 0 aliphatic heterocycles. The van der Waals surface area contributed by atoms with Gasteiger partial charge in [0, 0.05) is 6.08 Å². The van der Waals surface area contributed by atoms with Crippen molar-refractivity contribution in [2.75, 3.05) is 33.0 Å². The Hall–Kier alpha value is -0.990. The van der Waals surface area contributed by atoms with Gasteiger partial charge in [-0.3, -0.25) is 0 Å². The number of rotatable bonds is 21. The topological polar surface area (TPSA) is 72.5 Å². The van der Waals surface area contributed by atoms with Gasteiger partial charge in [-0.1, -0.05) is 47.6 Å². The fraction of sp³-hybridized carbons (Fsp3) is 0.903. The Kier molecular flexibility index (Phi) is 16.5. The molecule has 0 fully saturated rings. The molecule has 0 radical (unpaired) electrons. The largest absolute Gasteiger partial charge is 0.454 e. The van der Waals surface area contributed by atoms with Crippen molar-refractivity contribution in [1.29, 1.82) is 0 Å². The molecule has 0 saturated carbocycles. The molecular formula is C31H60O7. The Bertz CT molecular complexity index is 668. The number of carbonyl (C=O) groups is 1. The van der Waals surface area contributed by atoms with Gasteiger partial charge in [0.15, 0.2) is 0 Å². The second kappa shape index (κ2) is 17.0. The number of ether oxygens (including phenoxy) is 6. The van der Waals surface area contributed by atoms with Crippen molar-refractivity contribution in [3.8, 4) is 0 Å². The van der Waals surface area contributed by atoms with Gasteiger partial charge in [-0.2, -0.15) is 0 Å². The van der Waals surface area contributed by atoms with Crippen molar-refractivity contribution in [2.24, 2.45) is 5.41 Å². The third-order valence-corrected chi connectivity index (χ3v) is 6.97. The van der Waals surface area contributed by atoms with E-state index in [0.717, 1.165) is 31.8 Å². The first-order valence-electron chi connectivity index (χ1n) is 14.4. The van der Waals surface area contributed by atoms with Crippen LogP contribution < -0.4 is 0 Å². The second-order valence-electron chi connectivity index (χ2n) is 13.0. The van der Waals surface area contributed by atoms with E-state index in [2.05, 4.69) is 62.0 Å². The molecule has 0 aromatic heterocycles. The quantitative estimate of drug-likeness (QED) is 0.115. The van der Waals surface area contributed by atoms with E-state index in [9.17, 15) is 4.79 Å². The highest BCUT2D eigenvalue weighted by Gasteiger charge is 2.32. The Balaban J connectivity index is 5.30. The predicted molar refractivity (Wildman–Crippen MR) is 155 cm³/mol. The van der Waals surface area contributed by atoms with Gasteiger partial charge < -0.3 is 28.4 Å². The minimum Gasteiger partial charge on any atom is -0.454 e. The zero-order chi connectivity index (χ0) is 29.6. The third kappa shape index (κ3) is 17.6. The van der Waals surface area contributed by atoms with Gasteiger partial charge in [0.2, 0.25) is 0 Å². The van der Waals surface area contributed by atoms with Crippen LogP contribution in [0.4, 0.5) is 0 Å². The number of esters is 1. The molecule has 0 bridgehead atoms. The third-order valence-electron chi connectivity index (χ3n) is 6.97. The summed E-state index contributed by atoms with van der Waals surface area (Å²) in [4.78, 5) is 12.0. The second-order valence-corrected chi connectivity index (χ2v) is 13.0. The zero-order valence-corrected chi connectivity index (χ0v) is 26.7. The molecule has 7 nitrogen and oxygen atoms in total. The van der Waals surface area contributed by atoms with E-state index in [1.54, 1.807) is 0 Å². The summed E-state index contributed by atoms with van der Waals surface area (Å²) in [5.41, 5.74) is -0.631. The maximum absolute atomic E-state index is 12.0. The molecule has 226 valence electrons. The van der Waals surface area contributed by atoms with E-state index in [4.69, 9.17) is 28.4 Å². The van der Waals surface area contributed by atoms with E-state index in [1.165, 1.54) is 0 Å².